The number of amides is 1. The lowest BCUT2D eigenvalue weighted by Gasteiger charge is -2.22. The van der Waals surface area contributed by atoms with Crippen molar-refractivity contribution < 1.29 is 22.7 Å². The van der Waals surface area contributed by atoms with Gasteiger partial charge in [-0.1, -0.05) is 18.2 Å². The molecule has 0 fully saturated rings. The number of benzene rings is 1. The Bertz CT molecular complexity index is 1060. The molecule has 0 saturated carbocycles. The zero-order valence-electron chi connectivity index (χ0n) is 17.4. The van der Waals surface area contributed by atoms with E-state index in [9.17, 15) is 18.0 Å². The summed E-state index contributed by atoms with van der Waals surface area (Å²) in [4.78, 5) is 16.0. The van der Waals surface area contributed by atoms with E-state index in [0.717, 1.165) is 17.4 Å². The maximum Gasteiger partial charge on any atom is 0.434 e. The van der Waals surface area contributed by atoms with E-state index < -0.39 is 23.3 Å². The summed E-state index contributed by atoms with van der Waals surface area (Å²) >= 11 is 0. The largest absolute Gasteiger partial charge is 0.480 e. The zero-order chi connectivity index (χ0) is 22.8. The van der Waals surface area contributed by atoms with Crippen molar-refractivity contribution in [1.29, 1.82) is 0 Å². The normalized spacial score (nSPS) is 11.3. The minimum Gasteiger partial charge on any atom is -0.480 e. The molecule has 0 atom stereocenters. The van der Waals surface area contributed by atoms with Gasteiger partial charge >= 0.3 is 6.18 Å². The molecule has 0 radical (unpaired) electrons. The van der Waals surface area contributed by atoms with Crippen molar-refractivity contribution in [2.75, 3.05) is 33.2 Å². The van der Waals surface area contributed by atoms with Gasteiger partial charge in [0.05, 0.1) is 18.9 Å². The second kappa shape index (κ2) is 8.62. The summed E-state index contributed by atoms with van der Waals surface area (Å²) in [5.41, 5.74) is -0.132. The number of alkyl halides is 3. The van der Waals surface area contributed by atoms with Gasteiger partial charge < -0.3 is 14.5 Å². The first-order chi connectivity index (χ1) is 14.6. The Morgan fingerprint density at radius 3 is 2.39 bits per heavy atom. The van der Waals surface area contributed by atoms with Gasteiger partial charge in [0.25, 0.3) is 5.91 Å². The van der Waals surface area contributed by atoms with Gasteiger partial charge in [-0.3, -0.25) is 4.79 Å². The highest BCUT2D eigenvalue weighted by Gasteiger charge is 2.41. The molecule has 2 heterocycles. The number of rotatable bonds is 6. The van der Waals surface area contributed by atoms with Crippen molar-refractivity contribution in [3.63, 3.8) is 0 Å². The van der Waals surface area contributed by atoms with Gasteiger partial charge in [0, 0.05) is 39.4 Å². The first kappa shape index (κ1) is 22.1. The molecule has 2 aromatic heterocycles. The summed E-state index contributed by atoms with van der Waals surface area (Å²) in [5.74, 6) is -0.860. The predicted molar refractivity (Wildman–Crippen MR) is 107 cm³/mol. The van der Waals surface area contributed by atoms with Crippen LogP contribution in [0.25, 0.3) is 5.82 Å². The second-order valence-corrected chi connectivity index (χ2v) is 6.93. The molecule has 0 aliphatic rings. The van der Waals surface area contributed by atoms with Gasteiger partial charge in [-0.05, 0) is 17.7 Å². The average Bonchev–Trinajstić information content (AvgIpc) is 3.19. The molecule has 0 aliphatic carbocycles. The van der Waals surface area contributed by atoms with Gasteiger partial charge in [0.15, 0.2) is 11.5 Å². The number of carbonyl (C=O) groups excluding carboxylic acids is 1. The van der Waals surface area contributed by atoms with Crippen LogP contribution in [-0.2, 0) is 12.7 Å². The number of para-hydroxylation sites is 1. The molecule has 8 nitrogen and oxygen atoms in total. The molecule has 11 heteroatoms. The Balaban J connectivity index is 1.96. The van der Waals surface area contributed by atoms with Crippen LogP contribution in [0.5, 0.6) is 5.88 Å². The van der Waals surface area contributed by atoms with Crippen LogP contribution in [0.15, 0.2) is 42.6 Å². The van der Waals surface area contributed by atoms with E-state index in [-0.39, 0.29) is 18.2 Å². The molecular weight excluding hydrogens is 413 g/mol. The molecule has 0 aliphatic heterocycles. The van der Waals surface area contributed by atoms with E-state index in [1.807, 2.05) is 43.3 Å². The number of halogens is 3. The van der Waals surface area contributed by atoms with E-state index in [4.69, 9.17) is 4.74 Å². The fraction of sp³-hybridized carbons (Fsp3) is 0.300. The molecule has 0 saturated heterocycles. The molecule has 3 aromatic rings. The lowest BCUT2D eigenvalue weighted by molar-refractivity contribution is -0.143. The molecule has 1 aromatic carbocycles. The van der Waals surface area contributed by atoms with Crippen molar-refractivity contribution in [2.24, 2.45) is 0 Å². The van der Waals surface area contributed by atoms with Crippen molar-refractivity contribution in [3.05, 3.63) is 59.4 Å². The summed E-state index contributed by atoms with van der Waals surface area (Å²) in [6, 6.07) is 9.98. The number of hydrogen-bond donors (Lipinski definition) is 0. The van der Waals surface area contributed by atoms with Crippen LogP contribution in [0.3, 0.4) is 0 Å². The molecule has 31 heavy (non-hydrogen) atoms. The van der Waals surface area contributed by atoms with Crippen molar-refractivity contribution in [1.82, 2.24) is 24.9 Å². The van der Waals surface area contributed by atoms with Crippen molar-refractivity contribution >= 4 is 11.6 Å². The van der Waals surface area contributed by atoms with Crippen LogP contribution in [0.1, 0.15) is 21.6 Å². The first-order valence-electron chi connectivity index (χ1n) is 9.17. The highest BCUT2D eigenvalue weighted by Crippen LogP contribution is 2.34. The minimum atomic E-state index is -4.84. The van der Waals surface area contributed by atoms with Gasteiger partial charge in [-0.25, -0.2) is 4.68 Å². The van der Waals surface area contributed by atoms with E-state index in [2.05, 4.69) is 15.3 Å². The van der Waals surface area contributed by atoms with Crippen LogP contribution in [-0.4, -0.2) is 59.0 Å². The molecule has 0 unspecified atom stereocenters. The Morgan fingerprint density at radius 2 is 1.81 bits per heavy atom. The third-order valence-electron chi connectivity index (χ3n) is 4.55. The van der Waals surface area contributed by atoms with Crippen LogP contribution >= 0.6 is 0 Å². The quantitative estimate of drug-likeness (QED) is 0.594. The van der Waals surface area contributed by atoms with Crippen LogP contribution < -0.4 is 9.64 Å². The van der Waals surface area contributed by atoms with E-state index >= 15 is 0 Å². The monoisotopic (exact) mass is 434 g/mol. The lowest BCUT2D eigenvalue weighted by atomic mass is 10.1. The molecule has 0 spiro atoms. The number of anilines is 1. The third-order valence-corrected chi connectivity index (χ3v) is 4.55. The van der Waals surface area contributed by atoms with Crippen molar-refractivity contribution in [2.45, 2.75) is 12.7 Å². The number of ether oxygens (including phenoxy) is 1. The molecule has 164 valence electrons. The fourth-order valence-electron chi connectivity index (χ4n) is 3.10. The second-order valence-electron chi connectivity index (χ2n) is 6.93. The van der Waals surface area contributed by atoms with Crippen molar-refractivity contribution in [3.8, 4) is 11.7 Å². The van der Waals surface area contributed by atoms with E-state index in [1.54, 1.807) is 0 Å². The predicted octanol–water partition coefficient (Wildman–Crippen LogP) is 3.03. The Hall–Kier alpha value is -3.63. The molecule has 0 N–H and O–H groups in total. The maximum absolute atomic E-state index is 13.9. The van der Waals surface area contributed by atoms with Crippen LogP contribution in [0, 0.1) is 0 Å². The lowest BCUT2D eigenvalue weighted by Crippen LogP contribution is -2.29. The van der Waals surface area contributed by atoms with Gasteiger partial charge in [-0.15, -0.1) is 10.2 Å². The number of hydrogen-bond acceptors (Lipinski definition) is 6. The average molecular weight is 434 g/mol. The van der Waals surface area contributed by atoms with Gasteiger partial charge in [-0.2, -0.15) is 18.3 Å². The summed E-state index contributed by atoms with van der Waals surface area (Å²) < 4.78 is 47.1. The summed E-state index contributed by atoms with van der Waals surface area (Å²) in [7, 11) is 6.50. The Morgan fingerprint density at radius 1 is 1.10 bits per heavy atom. The number of methoxy groups -OCH3 is 1. The summed E-state index contributed by atoms with van der Waals surface area (Å²) in [6.45, 7) is 0.123. The van der Waals surface area contributed by atoms with Gasteiger partial charge in [0.1, 0.15) is 0 Å². The van der Waals surface area contributed by atoms with E-state index in [0.29, 0.717) is 4.68 Å². The molecule has 0 bridgehead atoms. The zero-order valence-corrected chi connectivity index (χ0v) is 17.4. The smallest absolute Gasteiger partial charge is 0.434 e. The number of nitrogens with zero attached hydrogens (tertiary/aromatic N) is 6. The topological polar surface area (TPSA) is 76.4 Å². The molecule has 3 rings (SSSR count). The molecule has 1 amide bonds. The third kappa shape index (κ3) is 4.60. The number of carbonyl (C=O) groups is 1. The van der Waals surface area contributed by atoms with Crippen LogP contribution in [0.4, 0.5) is 18.9 Å². The number of aromatic nitrogens is 4. The molecular formula is C20H21F3N6O2. The Labute approximate surface area is 176 Å². The van der Waals surface area contributed by atoms with E-state index in [1.165, 1.54) is 31.2 Å². The Kier molecular flexibility index (Phi) is 6.14. The summed E-state index contributed by atoms with van der Waals surface area (Å²) in [6.07, 6.45) is -3.95. The first-order valence-corrected chi connectivity index (χ1v) is 9.17. The highest BCUT2D eigenvalue weighted by atomic mass is 19.4. The van der Waals surface area contributed by atoms with Gasteiger partial charge in [0.2, 0.25) is 5.88 Å². The standard InChI is InChI=1S/C20H21F3N6O2/c1-27(2)15-8-6-5-7-13(15)12-28(3)19(30)14-11-24-29(18(14)20(21,22)23)16-9-10-17(31-4)26-25-16/h5-11H,12H2,1-4H3. The highest BCUT2D eigenvalue weighted by molar-refractivity contribution is 5.95. The van der Waals surface area contributed by atoms with Crippen LogP contribution in [0.2, 0.25) is 0 Å². The minimum absolute atomic E-state index is 0.123. The maximum atomic E-state index is 13.9. The SMILES string of the molecule is COc1ccc(-n2ncc(C(=O)N(C)Cc3ccccc3N(C)C)c2C(F)(F)F)nn1. The fourth-order valence-corrected chi connectivity index (χ4v) is 3.10. The summed E-state index contributed by atoms with van der Waals surface area (Å²) in [5, 5.41) is 11.1.